The maximum Gasteiger partial charge on any atom is 0.103 e. The molecule has 0 aliphatic carbocycles. The van der Waals surface area contributed by atoms with Gasteiger partial charge in [-0.05, 0) is 20.3 Å². The van der Waals surface area contributed by atoms with Gasteiger partial charge in [0.2, 0.25) is 0 Å². The summed E-state index contributed by atoms with van der Waals surface area (Å²) in [7, 11) is 3.86. The first-order chi connectivity index (χ1) is 6.31. The first-order valence-corrected chi connectivity index (χ1v) is 4.64. The van der Waals surface area contributed by atoms with Crippen LogP contribution in [0.1, 0.15) is 0 Å². The Labute approximate surface area is 79.9 Å². The topological polar surface area (TPSA) is 36.5 Å². The van der Waals surface area contributed by atoms with Crippen LogP contribution < -0.4 is 10.6 Å². The molecule has 13 heavy (non-hydrogen) atoms. The van der Waals surface area contributed by atoms with Crippen molar-refractivity contribution in [3.8, 4) is 0 Å². The normalized spacial score (nSPS) is 23.6. The van der Waals surface area contributed by atoms with Gasteiger partial charge < -0.3 is 20.3 Å². The van der Waals surface area contributed by atoms with Crippen molar-refractivity contribution >= 4 is 0 Å². The van der Waals surface area contributed by atoms with Crippen LogP contribution in [0.5, 0.6) is 0 Å². The number of nitrogens with zero attached hydrogens (tertiary/aromatic N) is 1. The molecule has 1 unspecified atom stereocenters. The highest BCUT2D eigenvalue weighted by molar-refractivity contribution is 4.83. The fourth-order valence-electron chi connectivity index (χ4n) is 1.58. The lowest BCUT2D eigenvalue weighted by molar-refractivity contribution is -0.0358. The van der Waals surface area contributed by atoms with Gasteiger partial charge in [-0.25, -0.2) is 0 Å². The monoisotopic (exact) mass is 185 g/mol. The third-order valence-corrected chi connectivity index (χ3v) is 2.38. The Kier molecular flexibility index (Phi) is 4.21. The number of ether oxygens (including phenoxy) is 1. The molecule has 1 aliphatic rings. The van der Waals surface area contributed by atoms with E-state index in [4.69, 9.17) is 4.74 Å². The van der Waals surface area contributed by atoms with Gasteiger partial charge in [0.05, 0.1) is 12.8 Å². The number of morpholine rings is 1. The van der Waals surface area contributed by atoms with E-state index in [9.17, 15) is 0 Å². The molecular formula is C9H19N3O. The first kappa shape index (κ1) is 10.5. The largest absolute Gasteiger partial charge is 0.373 e. The summed E-state index contributed by atoms with van der Waals surface area (Å²) in [5, 5.41) is 6.34. The Balaban J connectivity index is 2.44. The summed E-state index contributed by atoms with van der Waals surface area (Å²) in [6, 6.07) is 0. The molecule has 1 fully saturated rings. The van der Waals surface area contributed by atoms with E-state index in [1.807, 2.05) is 20.3 Å². The summed E-state index contributed by atoms with van der Waals surface area (Å²) < 4.78 is 5.64. The Morgan fingerprint density at radius 2 is 2.23 bits per heavy atom. The maximum absolute atomic E-state index is 5.64. The van der Waals surface area contributed by atoms with Crippen LogP contribution in [0.15, 0.2) is 12.8 Å². The fraction of sp³-hybridized carbons (Fsp3) is 0.778. The van der Waals surface area contributed by atoms with Crippen LogP contribution in [-0.4, -0.2) is 51.0 Å². The van der Waals surface area contributed by atoms with Gasteiger partial charge in [0.15, 0.2) is 0 Å². The van der Waals surface area contributed by atoms with Gasteiger partial charge in [-0.2, -0.15) is 0 Å². The Morgan fingerprint density at radius 1 is 1.54 bits per heavy atom. The zero-order valence-electron chi connectivity index (χ0n) is 8.42. The molecule has 4 heteroatoms. The van der Waals surface area contributed by atoms with Crippen LogP contribution in [0.25, 0.3) is 0 Å². The fourth-order valence-corrected chi connectivity index (χ4v) is 1.58. The van der Waals surface area contributed by atoms with Crippen molar-refractivity contribution in [3.63, 3.8) is 0 Å². The summed E-state index contributed by atoms with van der Waals surface area (Å²) in [6.45, 7) is 6.38. The predicted molar refractivity (Wildman–Crippen MR) is 53.4 cm³/mol. The molecule has 1 heterocycles. The summed E-state index contributed by atoms with van der Waals surface area (Å²) in [5.74, 6) is 0. The van der Waals surface area contributed by atoms with Crippen LogP contribution in [-0.2, 0) is 4.74 Å². The Hall–Kier alpha value is -0.580. The summed E-state index contributed by atoms with van der Waals surface area (Å²) >= 11 is 0. The highest BCUT2D eigenvalue weighted by Gasteiger charge is 2.24. The minimum absolute atomic E-state index is 0.196. The van der Waals surface area contributed by atoms with E-state index in [2.05, 4.69) is 22.1 Å². The molecule has 1 rings (SSSR count). The summed E-state index contributed by atoms with van der Waals surface area (Å²) in [5.41, 5.74) is 0. The molecule has 0 saturated carbocycles. The quantitative estimate of drug-likeness (QED) is 0.584. The second-order valence-corrected chi connectivity index (χ2v) is 3.14. The Morgan fingerprint density at radius 3 is 2.77 bits per heavy atom. The molecule has 0 radical (unpaired) electrons. The third-order valence-electron chi connectivity index (χ3n) is 2.38. The molecule has 2 N–H and O–H groups in total. The predicted octanol–water partition coefficient (Wildman–Crippen LogP) is -0.404. The summed E-state index contributed by atoms with van der Waals surface area (Å²) in [4.78, 5) is 2.18. The molecule has 1 atom stereocenters. The molecule has 4 nitrogen and oxygen atoms in total. The zero-order valence-corrected chi connectivity index (χ0v) is 8.42. The zero-order chi connectivity index (χ0) is 9.68. The SMILES string of the molecule is C=CN1CCOC(C(NC)NC)C1. The highest BCUT2D eigenvalue weighted by atomic mass is 16.5. The van der Waals surface area contributed by atoms with Gasteiger partial charge in [-0.1, -0.05) is 6.58 Å². The van der Waals surface area contributed by atoms with Crippen molar-refractivity contribution in [2.45, 2.75) is 12.3 Å². The van der Waals surface area contributed by atoms with Crippen molar-refractivity contribution in [2.75, 3.05) is 33.8 Å². The third kappa shape index (κ3) is 2.69. The van der Waals surface area contributed by atoms with Crippen LogP contribution in [0.3, 0.4) is 0 Å². The van der Waals surface area contributed by atoms with Gasteiger partial charge in [0.1, 0.15) is 6.10 Å². The minimum Gasteiger partial charge on any atom is -0.373 e. The first-order valence-electron chi connectivity index (χ1n) is 4.64. The van der Waals surface area contributed by atoms with Gasteiger partial charge in [-0.3, -0.25) is 0 Å². The maximum atomic E-state index is 5.64. The van der Waals surface area contributed by atoms with Gasteiger partial charge in [-0.15, -0.1) is 0 Å². The van der Waals surface area contributed by atoms with Gasteiger partial charge >= 0.3 is 0 Å². The second-order valence-electron chi connectivity index (χ2n) is 3.14. The molecular weight excluding hydrogens is 166 g/mol. The van der Waals surface area contributed by atoms with E-state index >= 15 is 0 Å². The van der Waals surface area contributed by atoms with E-state index in [1.165, 1.54) is 0 Å². The molecule has 0 spiro atoms. The molecule has 1 saturated heterocycles. The van der Waals surface area contributed by atoms with Crippen LogP contribution >= 0.6 is 0 Å². The molecule has 1 aliphatic heterocycles. The highest BCUT2D eigenvalue weighted by Crippen LogP contribution is 2.07. The number of likely N-dealkylation sites (N-methyl/N-ethyl adjacent to an activating group) is 2. The lowest BCUT2D eigenvalue weighted by Crippen LogP contribution is -2.55. The van der Waals surface area contributed by atoms with Crippen molar-refractivity contribution in [1.82, 2.24) is 15.5 Å². The second kappa shape index (κ2) is 5.21. The lowest BCUT2D eigenvalue weighted by atomic mass is 10.2. The van der Waals surface area contributed by atoms with Crippen LogP contribution in [0.2, 0.25) is 0 Å². The van der Waals surface area contributed by atoms with Crippen molar-refractivity contribution in [2.24, 2.45) is 0 Å². The summed E-state index contributed by atoms with van der Waals surface area (Å²) in [6.07, 6.45) is 2.28. The van der Waals surface area contributed by atoms with Crippen molar-refractivity contribution in [1.29, 1.82) is 0 Å². The van der Waals surface area contributed by atoms with Crippen molar-refractivity contribution in [3.05, 3.63) is 12.8 Å². The molecule has 0 aromatic heterocycles. The lowest BCUT2D eigenvalue weighted by Gasteiger charge is -2.36. The minimum atomic E-state index is 0.196. The van der Waals surface area contributed by atoms with Gasteiger partial charge in [0.25, 0.3) is 0 Å². The Bertz CT molecular complexity index is 159. The molecule has 0 bridgehead atoms. The number of hydrogen-bond donors (Lipinski definition) is 2. The van der Waals surface area contributed by atoms with Crippen LogP contribution in [0.4, 0.5) is 0 Å². The smallest absolute Gasteiger partial charge is 0.103 e. The van der Waals surface area contributed by atoms with Crippen LogP contribution in [0, 0.1) is 0 Å². The van der Waals surface area contributed by atoms with Gasteiger partial charge in [0, 0.05) is 13.1 Å². The molecule has 0 amide bonds. The van der Waals surface area contributed by atoms with E-state index in [0.29, 0.717) is 0 Å². The average molecular weight is 185 g/mol. The standard InChI is InChI=1S/C9H19N3O/c1-4-12-5-6-13-8(7-12)9(10-2)11-3/h4,8-11H,1,5-7H2,2-3H3. The number of rotatable bonds is 4. The van der Waals surface area contributed by atoms with E-state index < -0.39 is 0 Å². The molecule has 0 aromatic carbocycles. The van der Waals surface area contributed by atoms with Crippen molar-refractivity contribution < 1.29 is 4.74 Å². The number of nitrogens with one attached hydrogen (secondary N) is 2. The average Bonchev–Trinajstić information content (AvgIpc) is 2.20. The number of hydrogen-bond acceptors (Lipinski definition) is 4. The van der Waals surface area contributed by atoms with E-state index in [0.717, 1.165) is 19.7 Å². The van der Waals surface area contributed by atoms with E-state index in [1.54, 1.807) is 0 Å². The van der Waals surface area contributed by atoms with E-state index in [-0.39, 0.29) is 12.3 Å². The molecule has 76 valence electrons. The molecule has 0 aromatic rings.